The number of aryl methyl sites for hydroxylation is 1. The van der Waals surface area contributed by atoms with Crippen molar-refractivity contribution < 1.29 is 14.6 Å². The van der Waals surface area contributed by atoms with Crippen molar-refractivity contribution in [3.05, 3.63) is 50.5 Å². The molecule has 1 aromatic heterocycles. The Morgan fingerprint density at radius 2 is 2.15 bits per heavy atom. The van der Waals surface area contributed by atoms with Crippen LogP contribution >= 0.6 is 27.5 Å². The molecule has 0 spiro atoms. The van der Waals surface area contributed by atoms with Gasteiger partial charge in [-0.25, -0.2) is 9.98 Å². The average Bonchev–Trinajstić information content (AvgIpc) is 3.25. The number of hydrogen-bond acceptors (Lipinski definition) is 5. The normalized spacial score (nSPS) is 26.4. The molecule has 178 valence electrons. The molecule has 2 aliphatic carbocycles. The second-order valence-corrected chi connectivity index (χ2v) is 11.2. The molecule has 2 aromatic carbocycles. The van der Waals surface area contributed by atoms with E-state index in [0.717, 1.165) is 47.6 Å². The van der Waals surface area contributed by atoms with Gasteiger partial charge in [0.1, 0.15) is 11.3 Å². The molecule has 5 rings (SSSR count). The number of aromatic amines is 1. The molecule has 3 atom stereocenters. The molecule has 0 amide bonds. The molecule has 0 bridgehead atoms. The van der Waals surface area contributed by atoms with E-state index in [1.54, 1.807) is 24.4 Å². The van der Waals surface area contributed by atoms with E-state index in [1.807, 2.05) is 0 Å². The van der Waals surface area contributed by atoms with Crippen molar-refractivity contribution in [1.29, 1.82) is 0 Å². The van der Waals surface area contributed by atoms with E-state index in [2.05, 4.69) is 45.8 Å². The number of aromatic hydroxyl groups is 1. The Morgan fingerprint density at radius 3 is 2.91 bits per heavy atom. The molecule has 0 aliphatic heterocycles. The SMILES string of the molecule is COC(=O)[C@]1(C)CCC[C@]2(C)c3cc(Br)c4nc(/N=C/c5cc(Cl)ccc5O)[nH]c4c3CC[C@@H]12. The first-order chi connectivity index (χ1) is 16.2. The number of nitrogens with zero attached hydrogens (tertiary/aromatic N) is 2. The lowest BCUT2D eigenvalue weighted by molar-refractivity contribution is -0.161. The molecular weight excluding hydrogens is 518 g/mol. The summed E-state index contributed by atoms with van der Waals surface area (Å²) in [6.45, 7) is 4.37. The summed E-state index contributed by atoms with van der Waals surface area (Å²) in [6.07, 6.45) is 6.20. The molecular formula is C26H27BrClN3O3. The standard InChI is InChI=1S/C26H27BrClN3O3/c1-25-9-4-10-26(2,23(33)34-3)20(25)8-6-16-17(25)12-18(27)22-21(16)30-24(31-22)29-13-14-11-15(28)5-7-19(14)32/h5,7,11-13,20,32H,4,6,8-10H2,1-3H3,(H,30,31)/b29-13+/t20-,25-,26-/m1/s1. The van der Waals surface area contributed by atoms with Crippen LogP contribution in [0, 0.1) is 11.3 Å². The number of imidazole rings is 1. The predicted molar refractivity (Wildman–Crippen MR) is 137 cm³/mol. The van der Waals surface area contributed by atoms with Crippen LogP contribution < -0.4 is 0 Å². The Bertz CT molecular complexity index is 1340. The summed E-state index contributed by atoms with van der Waals surface area (Å²) in [5.41, 5.74) is 4.21. The van der Waals surface area contributed by atoms with Gasteiger partial charge in [0, 0.05) is 21.3 Å². The fourth-order valence-electron chi connectivity index (χ4n) is 6.36. The molecule has 1 fully saturated rings. The zero-order chi connectivity index (χ0) is 24.3. The third-order valence-corrected chi connectivity index (χ3v) is 8.85. The first-order valence-electron chi connectivity index (χ1n) is 11.5. The van der Waals surface area contributed by atoms with Gasteiger partial charge in [-0.2, -0.15) is 0 Å². The highest BCUT2D eigenvalue weighted by molar-refractivity contribution is 9.10. The quantitative estimate of drug-likeness (QED) is 0.287. The molecule has 0 radical (unpaired) electrons. The number of esters is 1. The summed E-state index contributed by atoms with van der Waals surface area (Å²) < 4.78 is 6.14. The van der Waals surface area contributed by atoms with Crippen molar-refractivity contribution in [3.8, 4) is 5.75 Å². The van der Waals surface area contributed by atoms with E-state index in [4.69, 9.17) is 21.3 Å². The van der Waals surface area contributed by atoms with Gasteiger partial charge >= 0.3 is 5.97 Å². The number of phenolic OH excluding ortho intramolecular Hbond substituents is 1. The van der Waals surface area contributed by atoms with Crippen LogP contribution in [0.1, 0.15) is 56.2 Å². The van der Waals surface area contributed by atoms with Crippen molar-refractivity contribution >= 4 is 56.7 Å². The molecule has 3 aromatic rings. The molecule has 8 heteroatoms. The lowest BCUT2D eigenvalue weighted by Crippen LogP contribution is -2.52. The van der Waals surface area contributed by atoms with Crippen LogP contribution in [0.5, 0.6) is 5.75 Å². The van der Waals surface area contributed by atoms with Gasteiger partial charge in [0.25, 0.3) is 0 Å². The van der Waals surface area contributed by atoms with E-state index in [9.17, 15) is 9.90 Å². The molecule has 6 nitrogen and oxygen atoms in total. The Labute approximate surface area is 211 Å². The number of ether oxygens (including phenoxy) is 1. The molecule has 1 heterocycles. The molecule has 0 saturated heterocycles. The number of rotatable bonds is 3. The number of aromatic nitrogens is 2. The maximum atomic E-state index is 12.8. The van der Waals surface area contributed by atoms with Gasteiger partial charge in [-0.1, -0.05) is 24.9 Å². The van der Waals surface area contributed by atoms with Crippen LogP contribution in [0.3, 0.4) is 0 Å². The van der Waals surface area contributed by atoms with E-state index in [0.29, 0.717) is 16.5 Å². The zero-order valence-corrected chi connectivity index (χ0v) is 21.8. The van der Waals surface area contributed by atoms with Gasteiger partial charge in [-0.15, -0.1) is 0 Å². The van der Waals surface area contributed by atoms with Crippen molar-refractivity contribution in [2.45, 2.75) is 51.4 Å². The molecule has 0 unspecified atom stereocenters. The maximum Gasteiger partial charge on any atom is 0.311 e. The van der Waals surface area contributed by atoms with Gasteiger partial charge in [0.2, 0.25) is 5.95 Å². The number of benzene rings is 2. The van der Waals surface area contributed by atoms with Crippen molar-refractivity contribution in [2.24, 2.45) is 16.3 Å². The number of nitrogens with one attached hydrogen (secondary N) is 1. The smallest absolute Gasteiger partial charge is 0.311 e. The highest BCUT2D eigenvalue weighted by Gasteiger charge is 2.56. The predicted octanol–water partition coefficient (Wildman–Crippen LogP) is 6.62. The summed E-state index contributed by atoms with van der Waals surface area (Å²) in [7, 11) is 1.49. The lowest BCUT2D eigenvalue weighted by atomic mass is 9.50. The number of carbonyl (C=O) groups is 1. The van der Waals surface area contributed by atoms with Crippen molar-refractivity contribution in [2.75, 3.05) is 7.11 Å². The van der Waals surface area contributed by atoms with Crippen molar-refractivity contribution in [3.63, 3.8) is 0 Å². The Morgan fingerprint density at radius 1 is 1.35 bits per heavy atom. The Hall–Kier alpha value is -2.38. The van der Waals surface area contributed by atoms with Crippen LogP contribution in [0.15, 0.2) is 33.7 Å². The van der Waals surface area contributed by atoms with Gasteiger partial charge < -0.3 is 14.8 Å². The minimum Gasteiger partial charge on any atom is -0.507 e. The summed E-state index contributed by atoms with van der Waals surface area (Å²) in [5.74, 6) is 0.672. The van der Waals surface area contributed by atoms with E-state index in [1.165, 1.54) is 18.2 Å². The second-order valence-electron chi connectivity index (χ2n) is 9.90. The third kappa shape index (κ3) is 3.55. The van der Waals surface area contributed by atoms with Gasteiger partial charge in [0.15, 0.2) is 0 Å². The molecule has 34 heavy (non-hydrogen) atoms. The number of halogens is 2. The van der Waals surface area contributed by atoms with Gasteiger partial charge in [-0.3, -0.25) is 4.79 Å². The topological polar surface area (TPSA) is 87.6 Å². The van der Waals surface area contributed by atoms with Crippen LogP contribution in [0.4, 0.5) is 5.95 Å². The van der Waals surface area contributed by atoms with Crippen LogP contribution in [-0.4, -0.2) is 34.4 Å². The summed E-state index contributed by atoms with van der Waals surface area (Å²) in [5, 5.41) is 10.6. The van der Waals surface area contributed by atoms with Crippen LogP contribution in [-0.2, 0) is 21.4 Å². The highest BCUT2D eigenvalue weighted by atomic mass is 79.9. The lowest BCUT2D eigenvalue weighted by Gasteiger charge is -2.54. The number of hydrogen-bond donors (Lipinski definition) is 2. The first kappa shape index (κ1) is 23.4. The number of methoxy groups -OCH3 is 1. The zero-order valence-electron chi connectivity index (χ0n) is 19.4. The third-order valence-electron chi connectivity index (χ3n) is 8.01. The number of H-pyrrole nitrogens is 1. The highest BCUT2D eigenvalue weighted by Crippen LogP contribution is 2.58. The largest absolute Gasteiger partial charge is 0.507 e. The number of fused-ring (bicyclic) bond motifs is 5. The van der Waals surface area contributed by atoms with Crippen LogP contribution in [0.25, 0.3) is 11.0 Å². The van der Waals surface area contributed by atoms with E-state index < -0.39 is 5.41 Å². The Balaban J connectivity index is 1.58. The maximum absolute atomic E-state index is 12.8. The number of aliphatic imine (C=N–C) groups is 1. The summed E-state index contributed by atoms with van der Waals surface area (Å²) in [6, 6.07) is 7.01. The number of phenols is 1. The molecule has 2 aliphatic rings. The fraction of sp³-hybridized carbons (Fsp3) is 0.423. The average molecular weight is 545 g/mol. The minimum absolute atomic E-state index is 0.102. The minimum atomic E-state index is -0.483. The van der Waals surface area contributed by atoms with Gasteiger partial charge in [-0.05, 0) is 95.3 Å². The molecule has 2 N–H and O–H groups in total. The Kier molecular flexibility index (Phi) is 5.76. The fourth-order valence-corrected chi connectivity index (χ4v) is 7.06. The number of carbonyl (C=O) groups excluding carboxylic acids is 1. The molecule has 1 saturated carbocycles. The van der Waals surface area contributed by atoms with Gasteiger partial charge in [0.05, 0.1) is 18.0 Å². The second kappa shape index (κ2) is 8.38. The van der Waals surface area contributed by atoms with E-state index >= 15 is 0 Å². The van der Waals surface area contributed by atoms with Crippen molar-refractivity contribution in [1.82, 2.24) is 9.97 Å². The summed E-state index contributed by atoms with van der Waals surface area (Å²) in [4.78, 5) is 25.4. The van der Waals surface area contributed by atoms with E-state index in [-0.39, 0.29) is 23.1 Å². The summed E-state index contributed by atoms with van der Waals surface area (Å²) >= 11 is 9.78. The van der Waals surface area contributed by atoms with Crippen LogP contribution in [0.2, 0.25) is 5.02 Å². The monoisotopic (exact) mass is 543 g/mol. The first-order valence-corrected chi connectivity index (χ1v) is 12.7.